The van der Waals surface area contributed by atoms with Crippen molar-refractivity contribution in [2.45, 2.75) is 13.0 Å². The van der Waals surface area contributed by atoms with Crippen LogP contribution in [0.4, 0.5) is 5.69 Å². The van der Waals surface area contributed by atoms with Gasteiger partial charge in [0, 0.05) is 12.2 Å². The van der Waals surface area contributed by atoms with E-state index < -0.39 is 0 Å². The Morgan fingerprint density at radius 3 is 3.00 bits per heavy atom. The Balaban J connectivity index is 2.33. The van der Waals surface area contributed by atoms with Crippen molar-refractivity contribution in [1.29, 1.82) is 0 Å². The third-order valence-corrected chi connectivity index (χ3v) is 2.82. The average Bonchev–Trinajstić information content (AvgIpc) is 2.53. The fourth-order valence-corrected chi connectivity index (χ4v) is 2.14. The molecule has 0 radical (unpaired) electrons. The Bertz CT molecular complexity index is 392. The number of rotatable bonds is 3. The molecule has 0 bridgehead atoms. The van der Waals surface area contributed by atoms with E-state index in [1.54, 1.807) is 4.90 Å². The quantitative estimate of drug-likeness (QED) is 0.623. The molecule has 0 atom stereocenters. The van der Waals surface area contributed by atoms with Gasteiger partial charge in [-0.3, -0.25) is 9.69 Å². The Kier molecular flexibility index (Phi) is 2.93. The standard InChI is InChI=1S/C11H13ClN2O/c1-13-6-8-2-3-10-9(4-8)5-11(15)14(10)7-12/h2-4,13H,5-7H2,1H3. The van der Waals surface area contributed by atoms with Crippen LogP contribution in [-0.4, -0.2) is 19.0 Å². The highest BCUT2D eigenvalue weighted by Crippen LogP contribution is 2.29. The van der Waals surface area contributed by atoms with Crippen LogP contribution in [0.3, 0.4) is 0 Å². The number of nitrogens with one attached hydrogen (secondary N) is 1. The molecule has 3 nitrogen and oxygen atoms in total. The van der Waals surface area contributed by atoms with E-state index in [0.717, 1.165) is 17.8 Å². The van der Waals surface area contributed by atoms with Crippen molar-refractivity contribution in [2.24, 2.45) is 0 Å². The van der Waals surface area contributed by atoms with E-state index in [-0.39, 0.29) is 11.9 Å². The zero-order valence-corrected chi connectivity index (χ0v) is 9.34. The van der Waals surface area contributed by atoms with Crippen molar-refractivity contribution in [1.82, 2.24) is 5.32 Å². The van der Waals surface area contributed by atoms with Crippen molar-refractivity contribution < 1.29 is 4.79 Å². The molecule has 1 aromatic carbocycles. The molecule has 4 heteroatoms. The number of nitrogens with zero attached hydrogens (tertiary/aromatic N) is 1. The maximum atomic E-state index is 11.6. The minimum Gasteiger partial charge on any atom is -0.316 e. The number of amides is 1. The summed E-state index contributed by atoms with van der Waals surface area (Å²) in [5.74, 6) is 0.0848. The summed E-state index contributed by atoms with van der Waals surface area (Å²) < 4.78 is 0. The highest BCUT2D eigenvalue weighted by molar-refractivity contribution is 6.22. The molecule has 1 N–H and O–H groups in total. The van der Waals surface area contributed by atoms with Gasteiger partial charge in [-0.25, -0.2) is 0 Å². The minimum atomic E-state index is 0.0848. The van der Waals surface area contributed by atoms with Gasteiger partial charge in [0.15, 0.2) is 0 Å². The van der Waals surface area contributed by atoms with Crippen LogP contribution in [0, 0.1) is 0 Å². The van der Waals surface area contributed by atoms with Gasteiger partial charge in [0.2, 0.25) is 5.91 Å². The topological polar surface area (TPSA) is 32.3 Å². The predicted molar refractivity (Wildman–Crippen MR) is 61.1 cm³/mol. The fraction of sp³-hybridized carbons (Fsp3) is 0.364. The molecule has 0 unspecified atom stereocenters. The van der Waals surface area contributed by atoms with Gasteiger partial charge in [0.1, 0.15) is 6.00 Å². The van der Waals surface area contributed by atoms with Gasteiger partial charge in [-0.2, -0.15) is 0 Å². The summed E-state index contributed by atoms with van der Waals surface area (Å²) in [6.45, 7) is 0.822. The van der Waals surface area contributed by atoms with Crippen LogP contribution < -0.4 is 10.2 Å². The number of alkyl halides is 1. The highest BCUT2D eigenvalue weighted by Gasteiger charge is 2.26. The zero-order chi connectivity index (χ0) is 10.8. The second-order valence-electron chi connectivity index (χ2n) is 3.61. The maximum Gasteiger partial charge on any atom is 0.232 e. The molecule has 0 saturated carbocycles. The summed E-state index contributed by atoms with van der Waals surface area (Å²) in [7, 11) is 1.91. The van der Waals surface area contributed by atoms with Crippen LogP contribution >= 0.6 is 11.6 Å². The highest BCUT2D eigenvalue weighted by atomic mass is 35.5. The van der Waals surface area contributed by atoms with E-state index in [4.69, 9.17) is 11.6 Å². The lowest BCUT2D eigenvalue weighted by molar-refractivity contribution is -0.117. The second kappa shape index (κ2) is 4.21. The van der Waals surface area contributed by atoms with E-state index in [1.165, 1.54) is 5.56 Å². The molecule has 1 aliphatic heterocycles. The molecular formula is C11H13ClN2O. The normalized spacial score (nSPS) is 14.5. The third kappa shape index (κ3) is 1.85. The predicted octanol–water partition coefficient (Wildman–Crippen LogP) is 1.49. The summed E-state index contributed by atoms with van der Waals surface area (Å²) in [6, 6.07) is 6.29. The lowest BCUT2D eigenvalue weighted by Crippen LogP contribution is -2.24. The van der Waals surface area contributed by atoms with Gasteiger partial charge in [0.25, 0.3) is 0 Å². The molecule has 80 valence electrons. The first-order chi connectivity index (χ1) is 7.26. The number of halogens is 1. The van der Waals surface area contributed by atoms with E-state index in [0.29, 0.717) is 6.42 Å². The van der Waals surface area contributed by atoms with Gasteiger partial charge in [-0.05, 0) is 24.2 Å². The number of fused-ring (bicyclic) bond motifs is 1. The van der Waals surface area contributed by atoms with Crippen LogP contribution in [0.5, 0.6) is 0 Å². The Morgan fingerprint density at radius 1 is 1.53 bits per heavy atom. The SMILES string of the molecule is CNCc1ccc2c(c1)CC(=O)N2CCl. The Hall–Kier alpha value is -1.06. The lowest BCUT2D eigenvalue weighted by Gasteiger charge is -2.13. The molecule has 1 aromatic rings. The maximum absolute atomic E-state index is 11.6. The van der Waals surface area contributed by atoms with Crippen LogP contribution in [-0.2, 0) is 17.8 Å². The number of carbonyl (C=O) groups is 1. The monoisotopic (exact) mass is 224 g/mol. The summed E-state index contributed by atoms with van der Waals surface area (Å²) in [5, 5.41) is 3.09. The van der Waals surface area contributed by atoms with Gasteiger partial charge < -0.3 is 5.32 Å². The lowest BCUT2D eigenvalue weighted by atomic mass is 10.1. The molecular weight excluding hydrogens is 212 g/mol. The first-order valence-electron chi connectivity index (χ1n) is 4.89. The second-order valence-corrected chi connectivity index (χ2v) is 3.85. The molecule has 0 fully saturated rings. The molecule has 0 spiro atoms. The molecule has 1 amide bonds. The summed E-state index contributed by atoms with van der Waals surface area (Å²) >= 11 is 5.72. The first kappa shape index (κ1) is 10.5. The van der Waals surface area contributed by atoms with Crippen LogP contribution in [0.2, 0.25) is 0 Å². The van der Waals surface area contributed by atoms with E-state index in [9.17, 15) is 4.79 Å². The molecule has 2 rings (SSSR count). The van der Waals surface area contributed by atoms with Crippen molar-refractivity contribution >= 4 is 23.2 Å². The molecule has 1 aliphatic rings. The van der Waals surface area contributed by atoms with Crippen molar-refractivity contribution in [2.75, 3.05) is 18.0 Å². The van der Waals surface area contributed by atoms with Crippen molar-refractivity contribution in [3.8, 4) is 0 Å². The van der Waals surface area contributed by atoms with Gasteiger partial charge in [0.05, 0.1) is 6.42 Å². The van der Waals surface area contributed by atoms with Gasteiger partial charge >= 0.3 is 0 Å². The summed E-state index contributed by atoms with van der Waals surface area (Å²) in [5.41, 5.74) is 3.23. The number of anilines is 1. The van der Waals surface area contributed by atoms with E-state index >= 15 is 0 Å². The smallest absolute Gasteiger partial charge is 0.232 e. The minimum absolute atomic E-state index is 0.0848. The first-order valence-corrected chi connectivity index (χ1v) is 5.42. The van der Waals surface area contributed by atoms with E-state index in [2.05, 4.69) is 11.4 Å². The number of hydrogen-bond donors (Lipinski definition) is 1. The average molecular weight is 225 g/mol. The summed E-state index contributed by atoms with van der Waals surface area (Å²) in [4.78, 5) is 13.2. The molecule has 0 saturated heterocycles. The summed E-state index contributed by atoms with van der Waals surface area (Å²) in [6.07, 6.45) is 0.472. The molecule has 15 heavy (non-hydrogen) atoms. The number of carbonyl (C=O) groups excluding carboxylic acids is 1. The van der Waals surface area contributed by atoms with Crippen LogP contribution in [0.1, 0.15) is 11.1 Å². The van der Waals surface area contributed by atoms with Crippen LogP contribution in [0.15, 0.2) is 18.2 Å². The molecule has 0 aliphatic carbocycles. The molecule has 0 aromatic heterocycles. The van der Waals surface area contributed by atoms with E-state index in [1.807, 2.05) is 19.2 Å². The van der Waals surface area contributed by atoms with Crippen molar-refractivity contribution in [3.63, 3.8) is 0 Å². The van der Waals surface area contributed by atoms with Crippen molar-refractivity contribution in [3.05, 3.63) is 29.3 Å². The fourth-order valence-electron chi connectivity index (χ4n) is 1.88. The van der Waals surface area contributed by atoms with Gasteiger partial charge in [-0.15, -0.1) is 11.6 Å². The third-order valence-electron chi connectivity index (χ3n) is 2.58. The Labute approximate surface area is 94.0 Å². The number of benzene rings is 1. The van der Waals surface area contributed by atoms with Gasteiger partial charge in [-0.1, -0.05) is 12.1 Å². The number of hydrogen-bond acceptors (Lipinski definition) is 2. The largest absolute Gasteiger partial charge is 0.316 e. The zero-order valence-electron chi connectivity index (χ0n) is 8.59. The van der Waals surface area contributed by atoms with Crippen LogP contribution in [0.25, 0.3) is 0 Å². The Morgan fingerprint density at radius 2 is 2.33 bits per heavy atom. The molecule has 1 heterocycles.